The first-order chi connectivity index (χ1) is 11.1. The van der Waals surface area contributed by atoms with Crippen LogP contribution in [0.4, 0.5) is 0 Å². The summed E-state index contributed by atoms with van der Waals surface area (Å²) in [5.74, 6) is 1.67. The molecular formula is C17H22N4O2. The van der Waals surface area contributed by atoms with Gasteiger partial charge in [-0.1, -0.05) is 35.5 Å². The second-order valence-electron chi connectivity index (χ2n) is 6.11. The average Bonchev–Trinajstić information content (AvgIpc) is 3.17. The van der Waals surface area contributed by atoms with Crippen LogP contribution in [0.3, 0.4) is 0 Å². The molecule has 0 saturated carbocycles. The van der Waals surface area contributed by atoms with Crippen molar-refractivity contribution in [3.8, 4) is 0 Å². The van der Waals surface area contributed by atoms with E-state index in [2.05, 4.69) is 39.3 Å². The van der Waals surface area contributed by atoms with Crippen molar-refractivity contribution in [3.63, 3.8) is 0 Å². The van der Waals surface area contributed by atoms with E-state index in [9.17, 15) is 4.79 Å². The molecule has 3 rings (SSSR count). The quantitative estimate of drug-likeness (QED) is 0.842. The van der Waals surface area contributed by atoms with Crippen molar-refractivity contribution in [1.29, 1.82) is 0 Å². The van der Waals surface area contributed by atoms with E-state index in [1.54, 1.807) is 18.9 Å². The van der Waals surface area contributed by atoms with Gasteiger partial charge in [-0.25, -0.2) is 0 Å². The third kappa shape index (κ3) is 3.96. The van der Waals surface area contributed by atoms with Gasteiger partial charge in [0.2, 0.25) is 11.8 Å². The van der Waals surface area contributed by atoms with E-state index in [4.69, 9.17) is 4.52 Å². The van der Waals surface area contributed by atoms with Gasteiger partial charge in [0.25, 0.3) is 0 Å². The van der Waals surface area contributed by atoms with Crippen LogP contribution in [0.1, 0.15) is 29.6 Å². The lowest BCUT2D eigenvalue weighted by atomic mass is 9.99. The summed E-state index contributed by atoms with van der Waals surface area (Å²) < 4.78 is 4.93. The maximum atomic E-state index is 12.4. The molecule has 1 saturated heterocycles. The van der Waals surface area contributed by atoms with Gasteiger partial charge in [0, 0.05) is 20.5 Å². The second kappa shape index (κ2) is 6.91. The highest BCUT2D eigenvalue weighted by Crippen LogP contribution is 2.26. The summed E-state index contributed by atoms with van der Waals surface area (Å²) in [7, 11) is 1.78. The molecule has 1 aliphatic heterocycles. The number of rotatable bonds is 5. The number of hydrogen-bond donors (Lipinski definition) is 0. The molecule has 2 aromatic rings. The van der Waals surface area contributed by atoms with E-state index in [-0.39, 0.29) is 5.91 Å². The van der Waals surface area contributed by atoms with E-state index >= 15 is 0 Å². The van der Waals surface area contributed by atoms with Gasteiger partial charge < -0.3 is 9.42 Å². The van der Waals surface area contributed by atoms with Crippen molar-refractivity contribution >= 4 is 5.91 Å². The van der Waals surface area contributed by atoms with Gasteiger partial charge in [-0.05, 0) is 24.4 Å². The Hall–Kier alpha value is -2.21. The molecule has 23 heavy (non-hydrogen) atoms. The molecule has 1 atom stereocenters. The lowest BCUT2D eigenvalue weighted by Gasteiger charge is -2.20. The summed E-state index contributed by atoms with van der Waals surface area (Å²) in [6.07, 6.45) is 1.10. The lowest BCUT2D eigenvalue weighted by molar-refractivity contribution is -0.131. The summed E-state index contributed by atoms with van der Waals surface area (Å²) in [5.41, 5.74) is 1.36. The minimum absolute atomic E-state index is 0.0844. The number of likely N-dealkylation sites (tertiary alicyclic amines) is 1. The van der Waals surface area contributed by atoms with Gasteiger partial charge in [-0.2, -0.15) is 4.98 Å². The number of benzene rings is 1. The Labute approximate surface area is 136 Å². The van der Waals surface area contributed by atoms with Gasteiger partial charge >= 0.3 is 0 Å². The van der Waals surface area contributed by atoms with Crippen LogP contribution in [0.25, 0.3) is 0 Å². The molecule has 6 heteroatoms. The molecule has 0 unspecified atom stereocenters. The Morgan fingerprint density at radius 3 is 2.87 bits per heavy atom. The zero-order valence-corrected chi connectivity index (χ0v) is 13.6. The second-order valence-corrected chi connectivity index (χ2v) is 6.11. The van der Waals surface area contributed by atoms with Crippen LogP contribution in [0, 0.1) is 6.92 Å². The largest absolute Gasteiger partial charge is 0.340 e. The lowest BCUT2D eigenvalue weighted by Crippen LogP contribution is -2.37. The first kappa shape index (κ1) is 15.7. The predicted octanol–water partition coefficient (Wildman–Crippen LogP) is 1.83. The molecule has 0 bridgehead atoms. The number of aryl methyl sites for hydroxylation is 1. The first-order valence-corrected chi connectivity index (χ1v) is 7.92. The van der Waals surface area contributed by atoms with Gasteiger partial charge in [-0.15, -0.1) is 0 Å². The van der Waals surface area contributed by atoms with Gasteiger partial charge in [0.1, 0.15) is 0 Å². The van der Waals surface area contributed by atoms with Crippen molar-refractivity contribution in [2.75, 3.05) is 26.7 Å². The third-order valence-corrected chi connectivity index (χ3v) is 4.28. The molecule has 1 fully saturated rings. The van der Waals surface area contributed by atoms with Crippen LogP contribution in [0.5, 0.6) is 0 Å². The number of carbonyl (C=O) groups excluding carboxylic acids is 1. The fraction of sp³-hybridized carbons (Fsp3) is 0.471. The zero-order valence-electron chi connectivity index (χ0n) is 13.6. The third-order valence-electron chi connectivity index (χ3n) is 4.28. The minimum Gasteiger partial charge on any atom is -0.340 e. The molecule has 2 heterocycles. The molecule has 0 N–H and O–H groups in total. The summed E-state index contributed by atoms with van der Waals surface area (Å²) in [5, 5.41) is 3.83. The monoisotopic (exact) mass is 314 g/mol. The number of amides is 1. The molecule has 1 aromatic heterocycles. The minimum atomic E-state index is 0.0844. The number of aromatic nitrogens is 2. The maximum Gasteiger partial charge on any atom is 0.236 e. The van der Waals surface area contributed by atoms with E-state index in [0.717, 1.165) is 19.5 Å². The molecule has 0 aliphatic carbocycles. The summed E-state index contributed by atoms with van der Waals surface area (Å²) in [6, 6.07) is 10.5. The highest BCUT2D eigenvalue weighted by atomic mass is 16.5. The normalized spacial score (nSPS) is 18.3. The number of hydrogen-bond acceptors (Lipinski definition) is 5. The SMILES string of the molecule is Cc1nc(CN(C)C(=O)CN2CC[C@H](c3ccccc3)C2)no1. The van der Waals surface area contributed by atoms with E-state index in [1.165, 1.54) is 5.56 Å². The van der Waals surface area contributed by atoms with Crippen molar-refractivity contribution in [2.24, 2.45) is 0 Å². The Kier molecular flexibility index (Phi) is 4.71. The first-order valence-electron chi connectivity index (χ1n) is 7.92. The zero-order chi connectivity index (χ0) is 16.2. The molecule has 0 spiro atoms. The maximum absolute atomic E-state index is 12.4. The number of nitrogens with zero attached hydrogens (tertiary/aromatic N) is 4. The Bertz CT molecular complexity index is 656. The van der Waals surface area contributed by atoms with E-state index in [0.29, 0.717) is 30.7 Å². The van der Waals surface area contributed by atoms with Crippen LogP contribution < -0.4 is 0 Å². The molecule has 6 nitrogen and oxygen atoms in total. The summed E-state index contributed by atoms with van der Waals surface area (Å²) in [4.78, 5) is 20.4. The van der Waals surface area contributed by atoms with Crippen molar-refractivity contribution < 1.29 is 9.32 Å². The molecule has 1 amide bonds. The standard InChI is InChI=1S/C17H22N4O2/c1-13-18-16(19-23-13)11-20(2)17(22)12-21-9-8-15(10-21)14-6-4-3-5-7-14/h3-7,15H,8-12H2,1-2H3/t15-/m0/s1. The number of carbonyl (C=O) groups is 1. The number of likely N-dealkylation sites (N-methyl/N-ethyl adjacent to an activating group) is 1. The Morgan fingerprint density at radius 1 is 1.39 bits per heavy atom. The van der Waals surface area contributed by atoms with E-state index in [1.807, 2.05) is 6.07 Å². The van der Waals surface area contributed by atoms with Crippen molar-refractivity contribution in [1.82, 2.24) is 19.9 Å². The highest BCUT2D eigenvalue weighted by Gasteiger charge is 2.26. The fourth-order valence-corrected chi connectivity index (χ4v) is 2.99. The van der Waals surface area contributed by atoms with Crippen LogP contribution in [-0.2, 0) is 11.3 Å². The van der Waals surface area contributed by atoms with E-state index < -0.39 is 0 Å². The Balaban J connectivity index is 1.50. The topological polar surface area (TPSA) is 62.5 Å². The summed E-state index contributed by atoms with van der Waals surface area (Å²) >= 11 is 0. The highest BCUT2D eigenvalue weighted by molar-refractivity contribution is 5.77. The van der Waals surface area contributed by atoms with Crippen molar-refractivity contribution in [3.05, 3.63) is 47.6 Å². The van der Waals surface area contributed by atoms with Crippen LogP contribution >= 0.6 is 0 Å². The van der Waals surface area contributed by atoms with Crippen LogP contribution in [0.15, 0.2) is 34.9 Å². The average molecular weight is 314 g/mol. The van der Waals surface area contributed by atoms with Crippen LogP contribution in [0.2, 0.25) is 0 Å². The molecule has 1 aliphatic rings. The predicted molar refractivity (Wildman–Crippen MR) is 85.7 cm³/mol. The van der Waals surface area contributed by atoms with Crippen molar-refractivity contribution in [2.45, 2.75) is 25.8 Å². The molecule has 1 aromatic carbocycles. The smallest absolute Gasteiger partial charge is 0.236 e. The molecular weight excluding hydrogens is 292 g/mol. The van der Waals surface area contributed by atoms with Gasteiger partial charge in [-0.3, -0.25) is 9.69 Å². The summed E-state index contributed by atoms with van der Waals surface area (Å²) in [6.45, 7) is 4.46. The molecule has 0 radical (unpaired) electrons. The van der Waals surface area contributed by atoms with Crippen LogP contribution in [-0.4, -0.2) is 52.5 Å². The fourth-order valence-electron chi connectivity index (χ4n) is 2.99. The van der Waals surface area contributed by atoms with Gasteiger partial charge in [0.15, 0.2) is 5.82 Å². The Morgan fingerprint density at radius 2 is 2.17 bits per heavy atom. The molecule has 122 valence electrons. The van der Waals surface area contributed by atoms with Gasteiger partial charge in [0.05, 0.1) is 13.1 Å².